The van der Waals surface area contributed by atoms with E-state index in [9.17, 15) is 21.6 Å². The van der Waals surface area contributed by atoms with Gasteiger partial charge in [0.05, 0.1) is 11.3 Å². The summed E-state index contributed by atoms with van der Waals surface area (Å²) in [5.74, 6) is 0.679. The fraction of sp³-hybridized carbons (Fsp3) is 0.450. The summed E-state index contributed by atoms with van der Waals surface area (Å²) < 4.78 is 65.6. The van der Waals surface area contributed by atoms with Gasteiger partial charge in [-0.1, -0.05) is 30.3 Å². The third kappa shape index (κ3) is 4.25. The minimum Gasteiger partial charge on any atom is -0.355 e. The average molecular weight is 425 g/mol. The Kier molecular flexibility index (Phi) is 5.29. The standard InChI is InChI=1S/C20H22F3N3O2S/c21-20(22,23)17-6-7-19(24-12-17)25-13-16-8-10-26(18(16)14-25)29(27,28)11-9-15-4-2-1-3-5-15/h1-7,12,16,18H,8-11,13-14H2. The number of halogens is 3. The van der Waals surface area contributed by atoms with Crippen LogP contribution < -0.4 is 4.90 Å². The Morgan fingerprint density at radius 3 is 2.48 bits per heavy atom. The zero-order valence-corrected chi connectivity index (χ0v) is 16.5. The molecule has 5 nitrogen and oxygen atoms in total. The van der Waals surface area contributed by atoms with Crippen LogP contribution in [-0.2, 0) is 22.6 Å². The number of pyridine rings is 1. The summed E-state index contributed by atoms with van der Waals surface area (Å²) in [6.07, 6.45) is -2.37. The molecular formula is C20H22F3N3O2S. The molecule has 0 spiro atoms. The van der Waals surface area contributed by atoms with Crippen LogP contribution in [0.1, 0.15) is 17.5 Å². The first-order valence-electron chi connectivity index (χ1n) is 9.56. The molecule has 0 radical (unpaired) electrons. The quantitative estimate of drug-likeness (QED) is 0.739. The SMILES string of the molecule is O=S(=O)(CCc1ccccc1)N1CCC2CN(c3ccc(C(F)(F)F)cn3)CC21. The highest BCUT2D eigenvalue weighted by Gasteiger charge is 2.46. The molecule has 0 N–H and O–H groups in total. The largest absolute Gasteiger partial charge is 0.417 e. The lowest BCUT2D eigenvalue weighted by Gasteiger charge is -2.25. The number of aromatic nitrogens is 1. The first-order valence-corrected chi connectivity index (χ1v) is 11.2. The lowest BCUT2D eigenvalue weighted by atomic mass is 10.1. The van der Waals surface area contributed by atoms with E-state index in [1.807, 2.05) is 35.2 Å². The van der Waals surface area contributed by atoms with Crippen molar-refractivity contribution < 1.29 is 21.6 Å². The van der Waals surface area contributed by atoms with E-state index < -0.39 is 21.8 Å². The van der Waals surface area contributed by atoms with Gasteiger partial charge in [-0.3, -0.25) is 0 Å². The van der Waals surface area contributed by atoms with Crippen LogP contribution in [0.2, 0.25) is 0 Å². The molecule has 3 heterocycles. The molecule has 2 fully saturated rings. The Labute approximate surface area is 168 Å². The Bertz CT molecular complexity index is 949. The lowest BCUT2D eigenvalue weighted by Crippen LogP contribution is -2.41. The van der Waals surface area contributed by atoms with Gasteiger partial charge in [0.25, 0.3) is 0 Å². The third-order valence-electron chi connectivity index (χ3n) is 5.74. The molecule has 1 aromatic carbocycles. The summed E-state index contributed by atoms with van der Waals surface area (Å²) in [6, 6.07) is 11.7. The van der Waals surface area contributed by atoms with Crippen molar-refractivity contribution in [2.24, 2.45) is 5.92 Å². The van der Waals surface area contributed by atoms with Crippen LogP contribution in [0.3, 0.4) is 0 Å². The highest BCUT2D eigenvalue weighted by atomic mass is 32.2. The van der Waals surface area contributed by atoms with Crippen LogP contribution >= 0.6 is 0 Å². The van der Waals surface area contributed by atoms with E-state index in [1.54, 1.807) is 4.31 Å². The van der Waals surface area contributed by atoms with E-state index in [0.717, 1.165) is 24.2 Å². The van der Waals surface area contributed by atoms with Crippen LogP contribution in [0.15, 0.2) is 48.7 Å². The van der Waals surface area contributed by atoms with Crippen LogP contribution in [0.4, 0.5) is 19.0 Å². The molecule has 9 heteroatoms. The van der Waals surface area contributed by atoms with Gasteiger partial charge in [-0.05, 0) is 36.5 Å². The van der Waals surface area contributed by atoms with Gasteiger partial charge < -0.3 is 4.90 Å². The Balaban J connectivity index is 1.43. The second-order valence-electron chi connectivity index (χ2n) is 7.59. The Hall–Kier alpha value is -2.13. The number of sulfonamides is 1. The fourth-order valence-electron chi connectivity index (χ4n) is 4.20. The molecule has 2 unspecified atom stereocenters. The molecule has 4 rings (SSSR count). The zero-order chi connectivity index (χ0) is 20.6. The summed E-state index contributed by atoms with van der Waals surface area (Å²) in [7, 11) is -3.41. The van der Waals surface area contributed by atoms with E-state index in [2.05, 4.69) is 4.98 Å². The minimum atomic E-state index is -4.42. The molecule has 0 amide bonds. The number of fused-ring (bicyclic) bond motifs is 1. The van der Waals surface area contributed by atoms with Gasteiger partial charge in [-0.2, -0.15) is 17.5 Å². The van der Waals surface area contributed by atoms with E-state index in [4.69, 9.17) is 0 Å². The Morgan fingerprint density at radius 1 is 1.07 bits per heavy atom. The molecule has 2 aliphatic rings. The van der Waals surface area contributed by atoms with Crippen molar-refractivity contribution in [2.45, 2.75) is 25.1 Å². The third-order valence-corrected chi connectivity index (χ3v) is 7.63. The molecular weight excluding hydrogens is 403 g/mol. The zero-order valence-electron chi connectivity index (χ0n) is 15.7. The molecule has 2 atom stereocenters. The van der Waals surface area contributed by atoms with Crippen molar-refractivity contribution in [1.29, 1.82) is 0 Å². The second kappa shape index (κ2) is 7.60. The van der Waals surface area contributed by atoms with Gasteiger partial charge in [0, 0.05) is 31.9 Å². The van der Waals surface area contributed by atoms with E-state index in [-0.39, 0.29) is 17.7 Å². The van der Waals surface area contributed by atoms with Crippen molar-refractivity contribution in [3.63, 3.8) is 0 Å². The molecule has 2 aliphatic heterocycles. The molecule has 2 aromatic rings. The number of rotatable bonds is 5. The van der Waals surface area contributed by atoms with Crippen LogP contribution in [0.25, 0.3) is 0 Å². The van der Waals surface area contributed by atoms with Gasteiger partial charge in [-0.25, -0.2) is 13.4 Å². The number of alkyl halides is 3. The predicted octanol–water partition coefficient (Wildman–Crippen LogP) is 3.18. The van der Waals surface area contributed by atoms with Crippen LogP contribution in [-0.4, -0.2) is 49.1 Å². The van der Waals surface area contributed by atoms with Gasteiger partial charge in [0.15, 0.2) is 0 Å². The number of hydrogen-bond donors (Lipinski definition) is 0. The summed E-state index contributed by atoms with van der Waals surface area (Å²) in [4.78, 5) is 5.84. The second-order valence-corrected chi connectivity index (χ2v) is 9.63. The van der Waals surface area contributed by atoms with Gasteiger partial charge >= 0.3 is 6.18 Å². The number of anilines is 1. The maximum atomic E-state index is 12.9. The minimum absolute atomic E-state index is 0.0543. The number of benzene rings is 1. The summed E-state index contributed by atoms with van der Waals surface area (Å²) >= 11 is 0. The predicted molar refractivity (Wildman–Crippen MR) is 104 cm³/mol. The van der Waals surface area contributed by atoms with E-state index >= 15 is 0 Å². The van der Waals surface area contributed by atoms with Gasteiger partial charge in [0.2, 0.25) is 10.0 Å². The normalized spacial score (nSPS) is 22.8. The van der Waals surface area contributed by atoms with Crippen molar-refractivity contribution in [1.82, 2.24) is 9.29 Å². The van der Waals surface area contributed by atoms with Gasteiger partial charge in [-0.15, -0.1) is 0 Å². The highest BCUT2D eigenvalue weighted by molar-refractivity contribution is 7.89. The number of nitrogens with zero attached hydrogens (tertiary/aromatic N) is 3. The smallest absolute Gasteiger partial charge is 0.355 e. The van der Waals surface area contributed by atoms with E-state index in [0.29, 0.717) is 31.9 Å². The van der Waals surface area contributed by atoms with Gasteiger partial charge in [0.1, 0.15) is 5.82 Å². The monoisotopic (exact) mass is 425 g/mol. The van der Waals surface area contributed by atoms with Crippen LogP contribution in [0.5, 0.6) is 0 Å². The van der Waals surface area contributed by atoms with Crippen molar-refractivity contribution in [2.75, 3.05) is 30.3 Å². The number of aryl methyl sites for hydroxylation is 1. The van der Waals surface area contributed by atoms with E-state index in [1.165, 1.54) is 6.07 Å². The first-order chi connectivity index (χ1) is 13.7. The molecule has 1 aromatic heterocycles. The number of hydrogen-bond acceptors (Lipinski definition) is 4. The maximum absolute atomic E-state index is 12.9. The highest BCUT2D eigenvalue weighted by Crippen LogP contribution is 2.36. The lowest BCUT2D eigenvalue weighted by molar-refractivity contribution is -0.137. The topological polar surface area (TPSA) is 53.5 Å². The molecule has 0 aliphatic carbocycles. The fourth-order valence-corrected chi connectivity index (χ4v) is 5.97. The summed E-state index contributed by atoms with van der Waals surface area (Å²) in [6.45, 7) is 1.56. The van der Waals surface area contributed by atoms with Crippen molar-refractivity contribution in [3.8, 4) is 0 Å². The molecule has 29 heavy (non-hydrogen) atoms. The maximum Gasteiger partial charge on any atom is 0.417 e. The van der Waals surface area contributed by atoms with Crippen LogP contribution in [0, 0.1) is 5.92 Å². The molecule has 0 bridgehead atoms. The molecule has 2 saturated heterocycles. The Morgan fingerprint density at radius 2 is 1.83 bits per heavy atom. The summed E-state index contributed by atoms with van der Waals surface area (Å²) in [5, 5.41) is 0. The van der Waals surface area contributed by atoms with Crippen molar-refractivity contribution in [3.05, 3.63) is 59.8 Å². The average Bonchev–Trinajstić information content (AvgIpc) is 3.27. The van der Waals surface area contributed by atoms with Crippen molar-refractivity contribution >= 4 is 15.8 Å². The summed E-state index contributed by atoms with van der Waals surface area (Å²) in [5.41, 5.74) is 0.194. The molecule has 156 valence electrons. The first kappa shape index (κ1) is 20.2. The molecule has 0 saturated carbocycles.